The Morgan fingerprint density at radius 2 is 2.00 bits per heavy atom. The molecule has 94 valence electrons. The highest BCUT2D eigenvalue weighted by molar-refractivity contribution is 5.74. The van der Waals surface area contributed by atoms with Crippen LogP contribution in [0.3, 0.4) is 0 Å². The fourth-order valence-corrected chi connectivity index (χ4v) is 1.07. The van der Waals surface area contributed by atoms with Gasteiger partial charge in [-0.2, -0.15) is 8.78 Å². The molecule has 0 aromatic heterocycles. The van der Waals surface area contributed by atoms with Crippen molar-refractivity contribution in [2.75, 3.05) is 11.9 Å². The Bertz CT molecular complexity index is 370. The zero-order valence-corrected chi connectivity index (χ0v) is 8.77. The lowest BCUT2D eigenvalue weighted by Gasteiger charge is -2.10. The van der Waals surface area contributed by atoms with Gasteiger partial charge in [-0.1, -0.05) is 0 Å². The fourth-order valence-electron chi connectivity index (χ4n) is 1.07. The van der Waals surface area contributed by atoms with Crippen molar-refractivity contribution in [1.82, 2.24) is 0 Å². The summed E-state index contributed by atoms with van der Waals surface area (Å²) in [6.45, 7) is -2.82. The maximum absolute atomic E-state index is 11.8. The van der Waals surface area contributed by atoms with E-state index in [0.717, 1.165) is 0 Å². The zero-order valence-electron chi connectivity index (χ0n) is 8.77. The Labute approximate surface area is 96.2 Å². The normalized spacial score (nSPS) is 12.2. The third kappa shape index (κ3) is 4.64. The maximum Gasteiger partial charge on any atom is 0.387 e. The van der Waals surface area contributed by atoms with E-state index in [-0.39, 0.29) is 12.3 Å². The third-order valence-corrected chi connectivity index (χ3v) is 1.92. The van der Waals surface area contributed by atoms with Crippen LogP contribution in [-0.2, 0) is 4.79 Å². The molecule has 0 aliphatic heterocycles. The van der Waals surface area contributed by atoms with Crippen LogP contribution in [0.1, 0.15) is 0 Å². The topological polar surface area (TPSA) is 84.6 Å². The van der Waals surface area contributed by atoms with E-state index >= 15 is 0 Å². The molecule has 1 unspecified atom stereocenters. The van der Waals surface area contributed by atoms with Crippen LogP contribution in [0.5, 0.6) is 5.75 Å². The van der Waals surface area contributed by atoms with Gasteiger partial charge < -0.3 is 20.9 Å². The van der Waals surface area contributed by atoms with E-state index in [1.54, 1.807) is 0 Å². The molecule has 0 fully saturated rings. The summed E-state index contributed by atoms with van der Waals surface area (Å²) in [6, 6.07) is 4.66. The molecule has 0 aliphatic carbocycles. The number of nitrogens with two attached hydrogens (primary N) is 1. The van der Waals surface area contributed by atoms with Crippen molar-refractivity contribution in [2.45, 2.75) is 12.7 Å². The minimum Gasteiger partial charge on any atom is -0.480 e. The van der Waals surface area contributed by atoms with E-state index in [0.29, 0.717) is 5.69 Å². The number of carboxylic acids is 1. The molecule has 5 nitrogen and oxygen atoms in total. The predicted molar refractivity (Wildman–Crippen MR) is 57.2 cm³/mol. The number of aliphatic carboxylic acids is 1. The van der Waals surface area contributed by atoms with Gasteiger partial charge in [-0.15, -0.1) is 0 Å². The van der Waals surface area contributed by atoms with Crippen LogP contribution in [0, 0.1) is 0 Å². The van der Waals surface area contributed by atoms with E-state index in [1.807, 2.05) is 0 Å². The minimum atomic E-state index is -2.87. The molecule has 7 heteroatoms. The van der Waals surface area contributed by atoms with Crippen LogP contribution in [-0.4, -0.2) is 30.3 Å². The first-order valence-corrected chi connectivity index (χ1v) is 4.76. The summed E-state index contributed by atoms with van der Waals surface area (Å²) in [7, 11) is 0. The number of carbonyl (C=O) groups is 1. The molecule has 0 heterocycles. The van der Waals surface area contributed by atoms with Gasteiger partial charge in [0.1, 0.15) is 11.8 Å². The lowest BCUT2D eigenvalue weighted by atomic mass is 10.2. The van der Waals surface area contributed by atoms with Crippen molar-refractivity contribution in [2.24, 2.45) is 5.73 Å². The Morgan fingerprint density at radius 3 is 2.47 bits per heavy atom. The van der Waals surface area contributed by atoms with Gasteiger partial charge in [0.05, 0.1) is 0 Å². The smallest absolute Gasteiger partial charge is 0.387 e. The second kappa shape index (κ2) is 6.00. The molecule has 0 bridgehead atoms. The summed E-state index contributed by atoms with van der Waals surface area (Å²) in [5.74, 6) is -1.08. The van der Waals surface area contributed by atoms with Gasteiger partial charge in [0.25, 0.3) is 0 Å². The van der Waals surface area contributed by atoms with Gasteiger partial charge in [-0.05, 0) is 24.3 Å². The summed E-state index contributed by atoms with van der Waals surface area (Å²) < 4.78 is 27.8. The molecule has 1 aromatic rings. The number of rotatable bonds is 6. The van der Waals surface area contributed by atoms with Crippen molar-refractivity contribution < 1.29 is 23.4 Å². The lowest BCUT2D eigenvalue weighted by Crippen LogP contribution is -2.36. The lowest BCUT2D eigenvalue weighted by molar-refractivity contribution is -0.138. The van der Waals surface area contributed by atoms with E-state index in [2.05, 4.69) is 10.1 Å². The molecule has 1 rings (SSSR count). The van der Waals surface area contributed by atoms with E-state index in [4.69, 9.17) is 10.8 Å². The Kier molecular flexibility index (Phi) is 4.65. The molecule has 4 N–H and O–H groups in total. The van der Waals surface area contributed by atoms with Gasteiger partial charge in [0, 0.05) is 12.2 Å². The number of nitrogens with one attached hydrogen (secondary N) is 1. The number of ether oxygens (including phenoxy) is 1. The molecule has 0 saturated carbocycles. The summed E-state index contributed by atoms with van der Waals surface area (Å²) in [6.07, 6.45) is 0. The van der Waals surface area contributed by atoms with Gasteiger partial charge in [0.15, 0.2) is 0 Å². The third-order valence-electron chi connectivity index (χ3n) is 1.92. The first-order valence-electron chi connectivity index (χ1n) is 4.76. The maximum atomic E-state index is 11.8. The molecule has 0 radical (unpaired) electrons. The van der Waals surface area contributed by atoms with Crippen molar-refractivity contribution in [3.8, 4) is 5.75 Å². The summed E-state index contributed by atoms with van der Waals surface area (Å²) in [5.41, 5.74) is 5.85. The number of benzene rings is 1. The van der Waals surface area contributed by atoms with E-state index in [9.17, 15) is 13.6 Å². The number of anilines is 1. The molecule has 0 spiro atoms. The van der Waals surface area contributed by atoms with Crippen molar-refractivity contribution in [3.63, 3.8) is 0 Å². The Balaban J connectivity index is 2.48. The van der Waals surface area contributed by atoms with Crippen molar-refractivity contribution in [3.05, 3.63) is 24.3 Å². The molecule has 0 aliphatic rings. The van der Waals surface area contributed by atoms with Gasteiger partial charge in [-0.3, -0.25) is 4.79 Å². The first kappa shape index (κ1) is 13.2. The predicted octanol–water partition coefficient (Wildman–Crippen LogP) is 1.11. The van der Waals surface area contributed by atoms with Gasteiger partial charge >= 0.3 is 12.6 Å². The average Bonchev–Trinajstić information content (AvgIpc) is 2.26. The number of carboxylic acid groups (broad SMARTS) is 1. The monoisotopic (exact) mass is 246 g/mol. The molecular formula is C10H12F2N2O3. The number of alkyl halides is 2. The highest BCUT2D eigenvalue weighted by Gasteiger charge is 2.10. The zero-order chi connectivity index (χ0) is 12.8. The SMILES string of the molecule is NC(CNc1ccc(OC(F)F)cc1)C(=O)O. The molecule has 0 amide bonds. The van der Waals surface area contributed by atoms with Gasteiger partial charge in [0.2, 0.25) is 0 Å². The molecule has 0 saturated heterocycles. The molecule has 17 heavy (non-hydrogen) atoms. The quantitative estimate of drug-likeness (QED) is 0.700. The Morgan fingerprint density at radius 1 is 1.41 bits per heavy atom. The standard InChI is InChI=1S/C10H12F2N2O3/c11-10(12)17-7-3-1-6(2-4-7)14-5-8(13)9(15)16/h1-4,8,10,14H,5,13H2,(H,15,16). The molecule has 1 aromatic carbocycles. The van der Waals surface area contributed by atoms with Crippen molar-refractivity contribution >= 4 is 11.7 Å². The number of hydrogen-bond donors (Lipinski definition) is 3. The van der Waals surface area contributed by atoms with Crippen LogP contribution in [0.15, 0.2) is 24.3 Å². The second-order valence-electron chi connectivity index (χ2n) is 3.23. The van der Waals surface area contributed by atoms with Crippen LogP contribution >= 0.6 is 0 Å². The first-order chi connectivity index (χ1) is 7.99. The number of halogens is 2. The number of hydrogen-bond acceptors (Lipinski definition) is 4. The summed E-state index contributed by atoms with van der Waals surface area (Å²) in [4.78, 5) is 10.4. The average molecular weight is 246 g/mol. The van der Waals surface area contributed by atoms with E-state index < -0.39 is 18.6 Å². The van der Waals surface area contributed by atoms with E-state index in [1.165, 1.54) is 24.3 Å². The van der Waals surface area contributed by atoms with Crippen LogP contribution in [0.25, 0.3) is 0 Å². The summed E-state index contributed by atoms with van der Waals surface area (Å²) >= 11 is 0. The second-order valence-corrected chi connectivity index (χ2v) is 3.23. The van der Waals surface area contributed by atoms with Crippen LogP contribution in [0.2, 0.25) is 0 Å². The molecular weight excluding hydrogens is 234 g/mol. The van der Waals surface area contributed by atoms with Crippen LogP contribution in [0.4, 0.5) is 14.5 Å². The Hall–Kier alpha value is -1.89. The van der Waals surface area contributed by atoms with Crippen molar-refractivity contribution in [1.29, 1.82) is 0 Å². The van der Waals surface area contributed by atoms with Gasteiger partial charge in [-0.25, -0.2) is 0 Å². The highest BCUT2D eigenvalue weighted by Crippen LogP contribution is 2.17. The highest BCUT2D eigenvalue weighted by atomic mass is 19.3. The summed E-state index contributed by atoms with van der Waals surface area (Å²) in [5, 5.41) is 11.3. The molecule has 1 atom stereocenters. The largest absolute Gasteiger partial charge is 0.480 e. The van der Waals surface area contributed by atoms with Crippen LogP contribution < -0.4 is 15.8 Å². The fraction of sp³-hybridized carbons (Fsp3) is 0.300. The minimum absolute atomic E-state index is 0.0353.